The molecule has 4 aliphatic rings. The van der Waals surface area contributed by atoms with E-state index < -0.39 is 53.2 Å². The third kappa shape index (κ3) is 6.51. The first-order valence-electron chi connectivity index (χ1n) is 16.9. The minimum atomic E-state index is -1.35. The Kier molecular flexibility index (Phi) is 9.77. The van der Waals surface area contributed by atoms with Crippen molar-refractivity contribution >= 4 is 23.7 Å². The Balaban J connectivity index is 1.62. The topological polar surface area (TPSA) is 117 Å². The monoisotopic (exact) mass is 649 g/mol. The van der Waals surface area contributed by atoms with Crippen LogP contribution in [0.2, 0.25) is 0 Å². The molecule has 1 N–H and O–H groups in total. The first kappa shape index (κ1) is 34.8. The second-order valence-corrected chi connectivity index (χ2v) is 15.3. The molecule has 47 heavy (non-hydrogen) atoms. The number of ether oxygens (including phenoxy) is 2. The van der Waals surface area contributed by atoms with Crippen molar-refractivity contribution in [1.29, 1.82) is 0 Å². The lowest BCUT2D eigenvalue weighted by Gasteiger charge is -2.45. The van der Waals surface area contributed by atoms with E-state index in [1.54, 1.807) is 24.1 Å². The summed E-state index contributed by atoms with van der Waals surface area (Å²) in [6.07, 6.45) is 7.58. The SMILES string of the molecule is C[C@H]1[C@H](c2ccccc2)OC(=O)[C@@H]2[C@H]3C(=O)N(CCCO)[C@H](C(=O)N(C(C)(C)CC(C)(C)C)C/C=C\CCC(=O)N1C)[C@]31C=C[C@H]2O1. The van der Waals surface area contributed by atoms with Gasteiger partial charge in [0.2, 0.25) is 17.7 Å². The van der Waals surface area contributed by atoms with Gasteiger partial charge in [0.05, 0.1) is 18.1 Å². The molecule has 10 nitrogen and oxygen atoms in total. The summed E-state index contributed by atoms with van der Waals surface area (Å²) < 4.78 is 12.9. The molecule has 5 rings (SSSR count). The summed E-state index contributed by atoms with van der Waals surface area (Å²) in [5.41, 5.74) is -1.35. The number of esters is 1. The number of likely N-dealkylation sites (N-methyl/N-ethyl adjacent to an activating group) is 1. The van der Waals surface area contributed by atoms with E-state index in [0.29, 0.717) is 12.8 Å². The lowest BCUT2D eigenvalue weighted by Crippen LogP contribution is -2.60. The van der Waals surface area contributed by atoms with Crippen LogP contribution in [0.1, 0.15) is 78.9 Å². The number of nitrogens with zero attached hydrogens (tertiary/aromatic N) is 3. The van der Waals surface area contributed by atoms with E-state index in [4.69, 9.17) is 9.47 Å². The quantitative estimate of drug-likeness (QED) is 0.365. The predicted molar refractivity (Wildman–Crippen MR) is 177 cm³/mol. The highest BCUT2D eigenvalue weighted by molar-refractivity contribution is 5.99. The Morgan fingerprint density at radius 2 is 1.70 bits per heavy atom. The number of likely N-dealkylation sites (tertiary alicyclic amines) is 1. The van der Waals surface area contributed by atoms with Gasteiger partial charge in [-0.05, 0) is 51.0 Å². The number of hydrogen-bond donors (Lipinski definition) is 1. The fraction of sp³-hybridized carbons (Fsp3) is 0.622. The van der Waals surface area contributed by atoms with Crippen LogP contribution in [-0.2, 0) is 28.7 Å². The van der Waals surface area contributed by atoms with E-state index >= 15 is 0 Å². The average Bonchev–Trinajstić information content (AvgIpc) is 3.65. The predicted octanol–water partition coefficient (Wildman–Crippen LogP) is 4.04. The van der Waals surface area contributed by atoms with Crippen molar-refractivity contribution in [3.05, 3.63) is 60.2 Å². The number of aliphatic hydroxyl groups is 1. The van der Waals surface area contributed by atoms with Crippen LogP contribution in [0.15, 0.2) is 54.6 Å². The van der Waals surface area contributed by atoms with Crippen LogP contribution in [0.5, 0.6) is 0 Å². The molecule has 256 valence electrons. The van der Waals surface area contributed by atoms with Gasteiger partial charge in [0, 0.05) is 38.7 Å². The maximum atomic E-state index is 15.0. The van der Waals surface area contributed by atoms with Gasteiger partial charge in [0.25, 0.3) is 0 Å². The van der Waals surface area contributed by atoms with Gasteiger partial charge >= 0.3 is 5.97 Å². The van der Waals surface area contributed by atoms with Gasteiger partial charge in [0.15, 0.2) is 0 Å². The number of carbonyl (C=O) groups excluding carboxylic acids is 4. The molecule has 7 atom stereocenters. The number of rotatable bonds is 6. The van der Waals surface area contributed by atoms with Crippen LogP contribution in [0.4, 0.5) is 0 Å². The van der Waals surface area contributed by atoms with Crippen molar-refractivity contribution in [2.75, 3.05) is 26.7 Å². The van der Waals surface area contributed by atoms with E-state index in [2.05, 4.69) is 20.8 Å². The summed E-state index contributed by atoms with van der Waals surface area (Å²) in [5, 5.41) is 9.76. The van der Waals surface area contributed by atoms with E-state index in [-0.39, 0.29) is 55.7 Å². The summed E-state index contributed by atoms with van der Waals surface area (Å²) in [7, 11) is 1.71. The summed E-state index contributed by atoms with van der Waals surface area (Å²) >= 11 is 0. The molecule has 0 aliphatic carbocycles. The molecule has 10 heteroatoms. The molecule has 4 heterocycles. The highest BCUT2D eigenvalue weighted by Gasteiger charge is 2.73. The average molecular weight is 650 g/mol. The second-order valence-electron chi connectivity index (χ2n) is 15.3. The van der Waals surface area contributed by atoms with Crippen LogP contribution in [-0.4, -0.2) is 99.6 Å². The Labute approximate surface area is 278 Å². The molecule has 0 radical (unpaired) electrons. The fourth-order valence-corrected chi connectivity index (χ4v) is 8.28. The van der Waals surface area contributed by atoms with E-state index in [1.807, 2.05) is 68.2 Å². The summed E-state index contributed by atoms with van der Waals surface area (Å²) in [5.74, 6) is -3.27. The molecule has 0 aromatic heterocycles. The molecular formula is C37H51N3O7. The molecule has 3 amide bonds. The third-order valence-electron chi connectivity index (χ3n) is 10.2. The van der Waals surface area contributed by atoms with Crippen LogP contribution in [0.25, 0.3) is 0 Å². The third-order valence-corrected chi connectivity index (χ3v) is 10.2. The molecule has 2 fully saturated rings. The van der Waals surface area contributed by atoms with Gasteiger partial charge in [-0.15, -0.1) is 0 Å². The Bertz CT molecular complexity index is 1420. The minimum absolute atomic E-state index is 0.0941. The first-order valence-corrected chi connectivity index (χ1v) is 16.9. The zero-order chi connectivity index (χ0) is 34.3. The van der Waals surface area contributed by atoms with Crippen LogP contribution >= 0.6 is 0 Å². The number of aliphatic hydroxyl groups excluding tert-OH is 1. The van der Waals surface area contributed by atoms with Gasteiger partial charge in [-0.3, -0.25) is 19.2 Å². The van der Waals surface area contributed by atoms with E-state index in [9.17, 15) is 24.3 Å². The van der Waals surface area contributed by atoms with Crippen LogP contribution in [0, 0.1) is 17.3 Å². The van der Waals surface area contributed by atoms with Crippen LogP contribution in [0.3, 0.4) is 0 Å². The van der Waals surface area contributed by atoms with Crippen molar-refractivity contribution in [2.45, 2.75) is 103 Å². The normalized spacial score (nSPS) is 32.6. The van der Waals surface area contributed by atoms with Crippen LogP contribution < -0.4 is 0 Å². The largest absolute Gasteiger partial charge is 0.455 e. The molecule has 4 aliphatic heterocycles. The Morgan fingerprint density at radius 3 is 2.36 bits per heavy atom. The number of allylic oxidation sites excluding steroid dienone is 1. The fourth-order valence-electron chi connectivity index (χ4n) is 8.28. The van der Waals surface area contributed by atoms with E-state index in [0.717, 1.165) is 5.56 Å². The molecule has 2 saturated heterocycles. The highest BCUT2D eigenvalue weighted by atomic mass is 16.6. The lowest BCUT2D eigenvalue weighted by atomic mass is 9.74. The number of cyclic esters (lactones) is 1. The smallest absolute Gasteiger partial charge is 0.313 e. The molecule has 0 saturated carbocycles. The van der Waals surface area contributed by atoms with Crippen molar-refractivity contribution in [2.24, 2.45) is 17.3 Å². The van der Waals surface area contributed by atoms with E-state index in [1.165, 1.54) is 4.90 Å². The van der Waals surface area contributed by atoms with Crippen molar-refractivity contribution in [3.8, 4) is 0 Å². The number of benzene rings is 1. The summed E-state index contributed by atoms with van der Waals surface area (Å²) in [6, 6.07) is 7.77. The number of amides is 3. The first-order chi connectivity index (χ1) is 22.1. The molecule has 1 aromatic carbocycles. The molecule has 5 bridgehead atoms. The lowest BCUT2D eigenvalue weighted by molar-refractivity contribution is -0.164. The second kappa shape index (κ2) is 13.2. The summed E-state index contributed by atoms with van der Waals surface area (Å²) in [4.78, 5) is 62.0. The van der Waals surface area contributed by atoms with Crippen molar-refractivity contribution < 1.29 is 33.8 Å². The standard InChI is InChI=1S/C37H51N3O7/c1-24-30(25-15-10-8-11-16-25)46-34(45)28-26-18-19-37(47-26)29(28)32(43)39(20-14-22-41)31(37)33(44)40(36(5,6)23-35(2,3)4)21-13-9-12-17-27(42)38(24)7/h8-11,13,15-16,18-19,24,26,28-31,41H,12,14,17,20-23H2,1-7H3/b13-9-/t24-,26+,28-,29-,30+,31+,37-/m0/s1. The zero-order valence-corrected chi connectivity index (χ0v) is 28.8. The molecule has 1 spiro atoms. The molecule has 1 aromatic rings. The molecule has 0 unspecified atom stereocenters. The van der Waals surface area contributed by atoms with Gasteiger partial charge in [0.1, 0.15) is 23.7 Å². The highest BCUT2D eigenvalue weighted by Crippen LogP contribution is 2.56. The number of carbonyl (C=O) groups is 4. The summed E-state index contributed by atoms with van der Waals surface area (Å²) in [6.45, 7) is 12.6. The van der Waals surface area contributed by atoms with Gasteiger partial charge < -0.3 is 29.3 Å². The maximum absolute atomic E-state index is 15.0. The minimum Gasteiger partial charge on any atom is -0.455 e. The van der Waals surface area contributed by atoms with Crippen molar-refractivity contribution in [1.82, 2.24) is 14.7 Å². The van der Waals surface area contributed by atoms with Gasteiger partial charge in [-0.2, -0.15) is 0 Å². The number of fused-ring (bicyclic) bond motifs is 2. The molecular weight excluding hydrogens is 598 g/mol. The Hall–Kier alpha value is -3.50. The Morgan fingerprint density at radius 1 is 1.00 bits per heavy atom. The van der Waals surface area contributed by atoms with Gasteiger partial charge in [-0.1, -0.05) is 75.4 Å². The maximum Gasteiger partial charge on any atom is 0.313 e. The van der Waals surface area contributed by atoms with Gasteiger partial charge in [-0.25, -0.2) is 0 Å². The zero-order valence-electron chi connectivity index (χ0n) is 28.8. The number of hydrogen-bond acceptors (Lipinski definition) is 7. The van der Waals surface area contributed by atoms with Crippen molar-refractivity contribution in [3.63, 3.8) is 0 Å².